The topological polar surface area (TPSA) is 75.6 Å². The van der Waals surface area contributed by atoms with Gasteiger partial charge >= 0.3 is 6.16 Å². The van der Waals surface area contributed by atoms with Crippen molar-refractivity contribution in [2.24, 2.45) is 0 Å². The maximum atomic E-state index is 11.9. The first-order valence-electron chi connectivity index (χ1n) is 5.72. The van der Waals surface area contributed by atoms with Crippen LogP contribution in [0.1, 0.15) is 24.5 Å². The Morgan fingerprint density at radius 1 is 1.33 bits per heavy atom. The molecular weight excluding hydrogens is 234 g/mol. The molecular formula is C13H17NO4. The van der Waals surface area contributed by atoms with Gasteiger partial charge in [-0.25, -0.2) is 4.79 Å². The maximum Gasteiger partial charge on any atom is 0.506 e. The van der Waals surface area contributed by atoms with Gasteiger partial charge in [0.05, 0.1) is 0 Å². The van der Waals surface area contributed by atoms with Crippen LogP contribution in [0, 0.1) is 13.8 Å². The summed E-state index contributed by atoms with van der Waals surface area (Å²) in [5.41, 5.74) is 2.55. The summed E-state index contributed by atoms with van der Waals surface area (Å²) >= 11 is 0. The summed E-state index contributed by atoms with van der Waals surface area (Å²) < 4.78 is 4.52. The molecule has 0 saturated heterocycles. The number of rotatable bonds is 4. The van der Waals surface area contributed by atoms with Crippen LogP contribution in [0.5, 0.6) is 0 Å². The van der Waals surface area contributed by atoms with Crippen LogP contribution in [0.4, 0.5) is 10.5 Å². The smallest absolute Gasteiger partial charge is 0.450 e. The molecule has 1 aromatic rings. The number of carbonyl (C=O) groups is 2. The van der Waals surface area contributed by atoms with Crippen molar-refractivity contribution in [3.8, 4) is 0 Å². The van der Waals surface area contributed by atoms with E-state index in [1.165, 1.54) is 0 Å². The van der Waals surface area contributed by atoms with E-state index in [-0.39, 0.29) is 0 Å². The Labute approximate surface area is 106 Å². The summed E-state index contributed by atoms with van der Waals surface area (Å²) in [4.78, 5) is 22.3. The lowest BCUT2D eigenvalue weighted by Crippen LogP contribution is -2.32. The number of hydrogen-bond donors (Lipinski definition) is 2. The normalized spacial score (nSPS) is 11.7. The van der Waals surface area contributed by atoms with Gasteiger partial charge in [0.1, 0.15) is 0 Å². The Morgan fingerprint density at radius 3 is 2.33 bits per heavy atom. The molecule has 18 heavy (non-hydrogen) atoms. The van der Waals surface area contributed by atoms with Gasteiger partial charge in [-0.3, -0.25) is 4.79 Å². The molecule has 5 heteroatoms. The summed E-state index contributed by atoms with van der Waals surface area (Å²) in [6, 6.07) is 5.65. The van der Waals surface area contributed by atoms with Crippen molar-refractivity contribution in [3.05, 3.63) is 29.3 Å². The van der Waals surface area contributed by atoms with Crippen LogP contribution in [0.15, 0.2) is 18.2 Å². The quantitative estimate of drug-likeness (QED) is 0.807. The van der Waals surface area contributed by atoms with E-state index in [4.69, 9.17) is 5.11 Å². The van der Waals surface area contributed by atoms with E-state index in [1.54, 1.807) is 6.92 Å². The van der Waals surface area contributed by atoms with Crippen LogP contribution in [-0.2, 0) is 9.53 Å². The van der Waals surface area contributed by atoms with Crippen molar-refractivity contribution < 1.29 is 19.4 Å². The summed E-state index contributed by atoms with van der Waals surface area (Å²) in [5, 5.41) is 11.2. The Hall–Kier alpha value is -2.04. The number of amides is 1. The number of nitrogens with one attached hydrogen (secondary N) is 1. The molecule has 0 heterocycles. The molecule has 0 bridgehead atoms. The summed E-state index contributed by atoms with van der Waals surface area (Å²) in [6.45, 7) is 5.45. The number of para-hydroxylation sites is 1. The van der Waals surface area contributed by atoms with Gasteiger partial charge in [0.15, 0.2) is 6.10 Å². The molecule has 2 N–H and O–H groups in total. The molecule has 98 valence electrons. The minimum atomic E-state index is -1.45. The highest BCUT2D eigenvalue weighted by molar-refractivity contribution is 5.96. The monoisotopic (exact) mass is 251 g/mol. The number of aryl methyl sites for hydroxylation is 2. The van der Waals surface area contributed by atoms with Crippen LogP contribution >= 0.6 is 0 Å². The van der Waals surface area contributed by atoms with Gasteiger partial charge < -0.3 is 15.2 Å². The maximum absolute atomic E-state index is 11.9. The standard InChI is InChI=1S/C13H17NO4/c1-4-10(18-13(16)17)12(15)14-11-8(2)6-5-7-9(11)3/h5-7,10H,4H2,1-3H3,(H,14,15)(H,16,17). The molecule has 0 aliphatic carbocycles. The fraction of sp³-hybridized carbons (Fsp3) is 0.385. The number of hydrogen-bond acceptors (Lipinski definition) is 3. The summed E-state index contributed by atoms with van der Waals surface area (Å²) in [5.74, 6) is -0.447. The lowest BCUT2D eigenvalue weighted by molar-refractivity contribution is -0.125. The molecule has 1 atom stereocenters. The van der Waals surface area contributed by atoms with Gasteiger partial charge in [0, 0.05) is 5.69 Å². The number of benzene rings is 1. The Bertz CT molecular complexity index is 436. The molecule has 0 radical (unpaired) electrons. The van der Waals surface area contributed by atoms with E-state index in [0.717, 1.165) is 11.1 Å². The highest BCUT2D eigenvalue weighted by atomic mass is 16.7. The van der Waals surface area contributed by atoms with E-state index in [0.29, 0.717) is 12.1 Å². The number of anilines is 1. The van der Waals surface area contributed by atoms with Gasteiger partial charge in [0.2, 0.25) is 0 Å². The Kier molecular flexibility index (Phi) is 4.71. The zero-order valence-electron chi connectivity index (χ0n) is 10.7. The predicted octanol–water partition coefficient (Wildman–Crippen LogP) is 2.72. The number of carboxylic acid groups (broad SMARTS) is 1. The zero-order valence-corrected chi connectivity index (χ0v) is 10.7. The summed E-state index contributed by atoms with van der Waals surface area (Å²) in [7, 11) is 0. The molecule has 0 spiro atoms. The minimum absolute atomic E-state index is 0.295. The van der Waals surface area contributed by atoms with E-state index in [2.05, 4.69) is 10.1 Å². The first-order chi connectivity index (χ1) is 8.45. The average Bonchev–Trinajstić information content (AvgIpc) is 2.30. The van der Waals surface area contributed by atoms with E-state index >= 15 is 0 Å². The second kappa shape index (κ2) is 6.05. The third kappa shape index (κ3) is 3.48. The molecule has 0 aliphatic heterocycles. The number of carbonyl (C=O) groups excluding carboxylic acids is 1. The van der Waals surface area contributed by atoms with E-state index in [1.807, 2.05) is 32.0 Å². The van der Waals surface area contributed by atoms with Gasteiger partial charge in [-0.15, -0.1) is 0 Å². The first kappa shape index (κ1) is 14.0. The lowest BCUT2D eigenvalue weighted by Gasteiger charge is -2.16. The van der Waals surface area contributed by atoms with E-state index < -0.39 is 18.2 Å². The second-order valence-electron chi connectivity index (χ2n) is 4.04. The first-order valence-corrected chi connectivity index (χ1v) is 5.72. The highest BCUT2D eigenvalue weighted by Gasteiger charge is 2.21. The molecule has 1 aromatic carbocycles. The van der Waals surface area contributed by atoms with Crippen LogP contribution < -0.4 is 5.32 Å². The zero-order chi connectivity index (χ0) is 13.7. The van der Waals surface area contributed by atoms with E-state index in [9.17, 15) is 9.59 Å². The van der Waals surface area contributed by atoms with Crippen molar-refractivity contribution in [3.63, 3.8) is 0 Å². The van der Waals surface area contributed by atoms with Gasteiger partial charge in [0.25, 0.3) is 5.91 Å². The van der Waals surface area contributed by atoms with Crippen LogP contribution in [0.25, 0.3) is 0 Å². The van der Waals surface area contributed by atoms with Gasteiger partial charge in [-0.05, 0) is 31.4 Å². The Morgan fingerprint density at radius 2 is 1.89 bits per heavy atom. The van der Waals surface area contributed by atoms with Crippen molar-refractivity contribution in [1.82, 2.24) is 0 Å². The fourth-order valence-electron chi connectivity index (χ4n) is 1.66. The SMILES string of the molecule is CCC(OC(=O)O)C(=O)Nc1c(C)cccc1C. The molecule has 0 fully saturated rings. The minimum Gasteiger partial charge on any atom is -0.450 e. The van der Waals surface area contributed by atoms with Gasteiger partial charge in [-0.1, -0.05) is 25.1 Å². The Balaban J connectivity index is 2.83. The van der Waals surface area contributed by atoms with Gasteiger partial charge in [-0.2, -0.15) is 0 Å². The molecule has 5 nitrogen and oxygen atoms in total. The van der Waals surface area contributed by atoms with Crippen LogP contribution in [0.2, 0.25) is 0 Å². The largest absolute Gasteiger partial charge is 0.506 e. The highest BCUT2D eigenvalue weighted by Crippen LogP contribution is 2.20. The lowest BCUT2D eigenvalue weighted by atomic mass is 10.1. The molecule has 1 amide bonds. The summed E-state index contributed by atoms with van der Waals surface area (Å²) in [6.07, 6.45) is -2.14. The molecule has 0 aromatic heterocycles. The molecule has 0 aliphatic rings. The van der Waals surface area contributed by atoms with Crippen LogP contribution in [0.3, 0.4) is 0 Å². The van der Waals surface area contributed by atoms with Crippen molar-refractivity contribution in [2.75, 3.05) is 5.32 Å². The molecule has 1 unspecified atom stereocenters. The predicted molar refractivity (Wildman–Crippen MR) is 67.7 cm³/mol. The third-order valence-corrected chi connectivity index (χ3v) is 2.64. The van der Waals surface area contributed by atoms with Crippen molar-refractivity contribution in [1.29, 1.82) is 0 Å². The average molecular weight is 251 g/mol. The molecule has 0 saturated carbocycles. The molecule has 1 rings (SSSR count). The fourth-order valence-corrected chi connectivity index (χ4v) is 1.66. The third-order valence-electron chi connectivity index (χ3n) is 2.64. The number of ether oxygens (including phenoxy) is 1. The van der Waals surface area contributed by atoms with Crippen molar-refractivity contribution in [2.45, 2.75) is 33.3 Å². The van der Waals surface area contributed by atoms with Crippen LogP contribution in [-0.4, -0.2) is 23.3 Å². The second-order valence-corrected chi connectivity index (χ2v) is 4.04. The van der Waals surface area contributed by atoms with Crippen molar-refractivity contribution >= 4 is 17.7 Å².